The van der Waals surface area contributed by atoms with Gasteiger partial charge in [0.05, 0.1) is 24.3 Å². The second-order valence-corrected chi connectivity index (χ2v) is 13.8. The Morgan fingerprint density at radius 3 is 2.40 bits per heavy atom. The molecule has 0 saturated carbocycles. The van der Waals surface area contributed by atoms with Gasteiger partial charge in [-0.2, -0.15) is 15.1 Å². The Hall–Kier alpha value is -4.00. The van der Waals surface area contributed by atoms with Gasteiger partial charge < -0.3 is 25.3 Å². The van der Waals surface area contributed by atoms with E-state index < -0.39 is 22.5 Å². The van der Waals surface area contributed by atoms with Crippen LogP contribution in [0.3, 0.4) is 0 Å². The molecule has 0 bridgehead atoms. The van der Waals surface area contributed by atoms with Crippen molar-refractivity contribution < 1.29 is 13.7 Å². The number of rotatable bonds is 7. The summed E-state index contributed by atoms with van der Waals surface area (Å²) >= 11 is 0. The maximum Gasteiger partial charge on any atom is 0.405 e. The predicted molar refractivity (Wildman–Crippen MR) is 169 cm³/mol. The van der Waals surface area contributed by atoms with Crippen molar-refractivity contribution in [2.24, 2.45) is 11.7 Å². The Kier molecular flexibility index (Phi) is 9.00. The maximum absolute atomic E-state index is 11.9. The first-order valence-electron chi connectivity index (χ1n) is 14.7. The first-order valence-corrected chi connectivity index (χ1v) is 16.2. The molecule has 230 valence electrons. The van der Waals surface area contributed by atoms with Crippen LogP contribution in [0, 0.1) is 5.92 Å². The van der Waals surface area contributed by atoms with E-state index >= 15 is 0 Å². The van der Waals surface area contributed by atoms with E-state index in [1.165, 1.54) is 5.56 Å². The molecule has 1 amide bonds. The van der Waals surface area contributed by atoms with Crippen LogP contribution in [0.1, 0.15) is 65.1 Å². The largest absolute Gasteiger partial charge is 0.444 e. The van der Waals surface area contributed by atoms with Crippen molar-refractivity contribution in [2.75, 3.05) is 34.8 Å². The number of hydrogen-bond donors (Lipinski definition) is 2. The van der Waals surface area contributed by atoms with Gasteiger partial charge in [-0.25, -0.2) is 9.78 Å². The number of anilines is 3. The summed E-state index contributed by atoms with van der Waals surface area (Å²) in [7, 11) is -0.725. The van der Waals surface area contributed by atoms with E-state index in [2.05, 4.69) is 50.5 Å². The zero-order valence-electron chi connectivity index (χ0n) is 25.4. The minimum absolute atomic E-state index is 0.0511. The topological polar surface area (TPSA) is 146 Å². The van der Waals surface area contributed by atoms with Gasteiger partial charge in [-0.15, -0.1) is 0 Å². The van der Waals surface area contributed by atoms with Crippen LogP contribution in [0.15, 0.2) is 49.1 Å². The molecule has 4 aromatic rings. The molecule has 6 rings (SSSR count). The molecule has 0 radical (unpaired) electrons. The molecule has 1 atom stereocenters. The number of imidazole rings is 1. The minimum atomic E-state index is -0.725. The highest BCUT2D eigenvalue weighted by Crippen LogP contribution is 2.34. The molecule has 0 spiro atoms. The van der Waals surface area contributed by atoms with Crippen molar-refractivity contribution in [1.82, 2.24) is 29.3 Å². The fourth-order valence-electron chi connectivity index (χ4n) is 5.32. The summed E-state index contributed by atoms with van der Waals surface area (Å²) in [4.78, 5) is 26.7. The van der Waals surface area contributed by atoms with Crippen LogP contribution in [0.25, 0.3) is 11.2 Å². The number of carbonyl (C=O) groups is 1. The molecule has 2 fully saturated rings. The Balaban J connectivity index is 0.000000407. The Morgan fingerprint density at radius 1 is 1.12 bits per heavy atom. The quantitative estimate of drug-likeness (QED) is 0.303. The van der Waals surface area contributed by atoms with Gasteiger partial charge in [0.15, 0.2) is 17.0 Å². The zero-order valence-corrected chi connectivity index (χ0v) is 26.3. The number of primary amides is 1. The van der Waals surface area contributed by atoms with Crippen LogP contribution in [0.5, 0.6) is 0 Å². The summed E-state index contributed by atoms with van der Waals surface area (Å²) in [5, 5.41) is 8.18. The number of nitrogens with one attached hydrogen (secondary N) is 1. The number of ether oxygens (including phenoxy) is 1. The molecule has 3 N–H and O–H groups in total. The molecule has 3 aromatic heterocycles. The number of amides is 1. The van der Waals surface area contributed by atoms with Crippen molar-refractivity contribution >= 4 is 45.5 Å². The summed E-state index contributed by atoms with van der Waals surface area (Å²) < 4.78 is 20.5. The van der Waals surface area contributed by atoms with E-state index in [1.807, 2.05) is 41.6 Å². The van der Waals surface area contributed by atoms with Gasteiger partial charge in [0.2, 0.25) is 5.95 Å². The van der Waals surface area contributed by atoms with E-state index in [1.54, 1.807) is 20.8 Å². The van der Waals surface area contributed by atoms with E-state index in [-0.39, 0.29) is 12.1 Å². The molecule has 0 aliphatic carbocycles. The number of nitrogens with zero attached hydrogens (tertiary/aromatic N) is 7. The van der Waals surface area contributed by atoms with Gasteiger partial charge in [-0.05, 0) is 53.0 Å². The van der Waals surface area contributed by atoms with Crippen LogP contribution in [0.2, 0.25) is 0 Å². The predicted octanol–water partition coefficient (Wildman–Crippen LogP) is 4.80. The third-order valence-corrected chi connectivity index (χ3v) is 8.90. The van der Waals surface area contributed by atoms with Crippen LogP contribution in [-0.4, -0.2) is 69.8 Å². The molecule has 5 heterocycles. The van der Waals surface area contributed by atoms with E-state index in [0.29, 0.717) is 23.2 Å². The van der Waals surface area contributed by atoms with Crippen molar-refractivity contribution in [2.45, 2.75) is 65.1 Å². The molecule has 12 nitrogen and oxygen atoms in total. The third kappa shape index (κ3) is 7.32. The second-order valence-electron chi connectivity index (χ2n) is 12.2. The number of nitrogens with two attached hydrogens (primary N) is 1. The summed E-state index contributed by atoms with van der Waals surface area (Å²) in [5.74, 6) is 3.16. The standard InChI is InChI=1S/C25H30N8OS.C5H11NO2/c1-17(2)32-16-26-21-23(29-25(30-24(21)32)31-10-6-7-11-31)28-20-12-27-33(13-20)22(19-14-35(34)15-19)18-8-4-3-5-9-18;1-5(2,3)8-4(6)7/h3-5,8-9,12-13,16-17,19,22H,6-7,10-11,14-15H2,1-2H3,(H,28,29,30);1-3H3,(H2,6,7). The fraction of sp³-hybridized carbons (Fsp3) is 0.500. The Labute approximate surface area is 254 Å². The maximum atomic E-state index is 11.9. The number of carbonyl (C=O) groups excluding carboxylic acids is 1. The first-order chi connectivity index (χ1) is 20.5. The molecule has 1 unspecified atom stereocenters. The average molecular weight is 608 g/mol. The third-order valence-electron chi connectivity index (χ3n) is 7.30. The molecular weight excluding hydrogens is 566 g/mol. The van der Waals surface area contributed by atoms with Crippen LogP contribution >= 0.6 is 0 Å². The lowest BCUT2D eigenvalue weighted by Crippen LogP contribution is -2.38. The van der Waals surface area contributed by atoms with Gasteiger partial charge in [-0.1, -0.05) is 30.3 Å². The van der Waals surface area contributed by atoms with Gasteiger partial charge in [0.25, 0.3) is 0 Å². The number of hydrogen-bond acceptors (Lipinski definition) is 9. The van der Waals surface area contributed by atoms with Crippen molar-refractivity contribution in [3.05, 3.63) is 54.6 Å². The van der Waals surface area contributed by atoms with E-state index in [4.69, 9.17) is 20.8 Å². The monoisotopic (exact) mass is 607 g/mol. The Bertz CT molecular complexity index is 1560. The van der Waals surface area contributed by atoms with Crippen molar-refractivity contribution in [1.29, 1.82) is 0 Å². The smallest absolute Gasteiger partial charge is 0.405 e. The average Bonchev–Trinajstić information content (AvgIpc) is 3.69. The van der Waals surface area contributed by atoms with Crippen LogP contribution in [-0.2, 0) is 15.5 Å². The first kappa shape index (κ1) is 30.5. The van der Waals surface area contributed by atoms with E-state index in [9.17, 15) is 9.00 Å². The minimum Gasteiger partial charge on any atom is -0.444 e. The molecule has 2 aliphatic heterocycles. The second kappa shape index (κ2) is 12.7. The van der Waals surface area contributed by atoms with Gasteiger partial charge in [0.1, 0.15) is 5.60 Å². The van der Waals surface area contributed by atoms with Crippen LogP contribution in [0.4, 0.5) is 22.2 Å². The van der Waals surface area contributed by atoms with E-state index in [0.717, 1.165) is 48.7 Å². The van der Waals surface area contributed by atoms with Crippen molar-refractivity contribution in [3.63, 3.8) is 0 Å². The van der Waals surface area contributed by atoms with Crippen molar-refractivity contribution in [3.8, 4) is 0 Å². The highest BCUT2D eigenvalue weighted by atomic mass is 32.2. The fourth-order valence-corrected chi connectivity index (χ4v) is 6.55. The highest BCUT2D eigenvalue weighted by Gasteiger charge is 2.35. The highest BCUT2D eigenvalue weighted by molar-refractivity contribution is 7.86. The number of benzene rings is 1. The lowest BCUT2D eigenvalue weighted by molar-refractivity contribution is 0.0600. The normalized spacial score (nSPS) is 19.1. The van der Waals surface area contributed by atoms with Gasteiger partial charge >= 0.3 is 6.09 Å². The molecule has 2 saturated heterocycles. The number of fused-ring (bicyclic) bond motifs is 1. The van der Waals surface area contributed by atoms with Gasteiger partial charge in [-0.3, -0.25) is 8.89 Å². The van der Waals surface area contributed by atoms with Gasteiger partial charge in [0, 0.05) is 53.6 Å². The SMILES string of the molecule is CC(C)(C)OC(N)=O.CC(C)n1cnc2c(Nc3cnn(C(c4ccccc4)C4CS(=O)C4)c3)nc(N3CCCC3)nc21. The summed E-state index contributed by atoms with van der Waals surface area (Å²) in [5.41, 5.74) is 7.88. The molecule has 43 heavy (non-hydrogen) atoms. The molecular formula is C30H41N9O3S. The van der Waals surface area contributed by atoms with Crippen LogP contribution < -0.4 is 16.0 Å². The lowest BCUT2D eigenvalue weighted by Gasteiger charge is -2.33. The molecule has 2 aliphatic rings. The molecule has 1 aromatic carbocycles. The summed E-state index contributed by atoms with van der Waals surface area (Å²) in [6, 6.07) is 10.6. The zero-order chi connectivity index (χ0) is 30.7. The lowest BCUT2D eigenvalue weighted by atomic mass is 9.95. The summed E-state index contributed by atoms with van der Waals surface area (Å²) in [6.45, 7) is 11.5. The molecule has 13 heteroatoms. The summed E-state index contributed by atoms with van der Waals surface area (Å²) in [6.07, 6.45) is 7.28. The Morgan fingerprint density at radius 2 is 1.81 bits per heavy atom. The number of aromatic nitrogens is 6.